The van der Waals surface area contributed by atoms with Gasteiger partial charge >= 0.3 is 0 Å². The van der Waals surface area contributed by atoms with Crippen LogP contribution in [0.3, 0.4) is 0 Å². The number of carbonyl (C=O) groups is 1. The molecule has 0 aliphatic rings. The highest BCUT2D eigenvalue weighted by Gasteiger charge is 1.96. The summed E-state index contributed by atoms with van der Waals surface area (Å²) in [4.78, 5) is 10.6. The third-order valence-electron chi connectivity index (χ3n) is 0.871. The van der Waals surface area contributed by atoms with Crippen LogP contribution >= 0.6 is 11.8 Å². The first-order valence-electron chi connectivity index (χ1n) is 3.15. The Labute approximate surface area is 64.8 Å². The van der Waals surface area contributed by atoms with Crippen LogP contribution in [0.15, 0.2) is 0 Å². The highest BCUT2D eigenvalue weighted by atomic mass is 32.2. The smallest absolute Gasteiger partial charge is 0.188 e. The standard InChI is InChI=1S/C6H12O3S/c1-2-6(8)10-4-3-9-5-7/h7H,2-5H2,1H3. The Morgan fingerprint density at radius 1 is 1.70 bits per heavy atom. The van der Waals surface area contributed by atoms with Gasteiger partial charge in [0.05, 0.1) is 6.61 Å². The zero-order valence-electron chi connectivity index (χ0n) is 6.00. The number of hydrogen-bond acceptors (Lipinski definition) is 4. The lowest BCUT2D eigenvalue weighted by Gasteiger charge is -1.97. The topological polar surface area (TPSA) is 46.5 Å². The fraction of sp³-hybridized carbons (Fsp3) is 0.833. The number of aliphatic hydroxyl groups is 1. The Hall–Kier alpha value is -0.0600. The van der Waals surface area contributed by atoms with Gasteiger partial charge in [-0.1, -0.05) is 18.7 Å². The zero-order chi connectivity index (χ0) is 7.82. The lowest BCUT2D eigenvalue weighted by atomic mass is 10.6. The van der Waals surface area contributed by atoms with Gasteiger partial charge in [-0.2, -0.15) is 0 Å². The molecule has 0 spiro atoms. The summed E-state index contributed by atoms with van der Waals surface area (Å²) in [5.74, 6) is 0.632. The number of ether oxygens (including phenoxy) is 1. The van der Waals surface area contributed by atoms with Crippen LogP contribution in [0.25, 0.3) is 0 Å². The molecule has 60 valence electrons. The van der Waals surface area contributed by atoms with E-state index in [0.717, 1.165) is 0 Å². The van der Waals surface area contributed by atoms with Crippen molar-refractivity contribution in [3.63, 3.8) is 0 Å². The SMILES string of the molecule is CCC(=O)SCCOCO. The molecule has 0 amide bonds. The maximum atomic E-state index is 10.6. The minimum Gasteiger partial charge on any atom is -0.371 e. The van der Waals surface area contributed by atoms with Crippen molar-refractivity contribution in [3.05, 3.63) is 0 Å². The van der Waals surface area contributed by atoms with Crippen LogP contribution in [0.1, 0.15) is 13.3 Å². The Morgan fingerprint density at radius 3 is 2.90 bits per heavy atom. The van der Waals surface area contributed by atoms with Crippen LogP contribution in [0.5, 0.6) is 0 Å². The molecule has 0 saturated heterocycles. The van der Waals surface area contributed by atoms with E-state index in [9.17, 15) is 4.79 Å². The molecule has 0 unspecified atom stereocenters. The Balaban J connectivity index is 2.96. The monoisotopic (exact) mass is 164 g/mol. The van der Waals surface area contributed by atoms with Gasteiger partial charge in [0.1, 0.15) is 6.79 Å². The van der Waals surface area contributed by atoms with Crippen molar-refractivity contribution >= 4 is 16.9 Å². The minimum atomic E-state index is -0.263. The van der Waals surface area contributed by atoms with Crippen molar-refractivity contribution in [1.29, 1.82) is 0 Å². The molecule has 0 aromatic rings. The second kappa shape index (κ2) is 7.05. The van der Waals surface area contributed by atoms with E-state index in [1.165, 1.54) is 11.8 Å². The Morgan fingerprint density at radius 2 is 2.40 bits per heavy atom. The van der Waals surface area contributed by atoms with E-state index < -0.39 is 0 Å². The first-order valence-corrected chi connectivity index (χ1v) is 4.14. The largest absolute Gasteiger partial charge is 0.371 e. The fourth-order valence-electron chi connectivity index (χ4n) is 0.381. The molecule has 0 aromatic carbocycles. The quantitative estimate of drug-likeness (QED) is 0.478. The van der Waals surface area contributed by atoms with Crippen molar-refractivity contribution in [3.8, 4) is 0 Å². The van der Waals surface area contributed by atoms with E-state index in [4.69, 9.17) is 5.11 Å². The summed E-state index contributed by atoms with van der Waals surface area (Å²) in [5, 5.41) is 8.34. The number of rotatable bonds is 5. The average Bonchev–Trinajstić information content (AvgIpc) is 1.98. The highest BCUT2D eigenvalue weighted by Crippen LogP contribution is 2.03. The van der Waals surface area contributed by atoms with Gasteiger partial charge in [0.15, 0.2) is 5.12 Å². The number of aliphatic hydroxyl groups excluding tert-OH is 1. The van der Waals surface area contributed by atoms with Gasteiger partial charge in [-0.15, -0.1) is 0 Å². The summed E-state index contributed by atoms with van der Waals surface area (Å²) in [6, 6.07) is 0. The second-order valence-electron chi connectivity index (χ2n) is 1.61. The van der Waals surface area contributed by atoms with Gasteiger partial charge in [0, 0.05) is 12.2 Å². The number of hydrogen-bond donors (Lipinski definition) is 1. The molecule has 0 aliphatic heterocycles. The summed E-state index contributed by atoms with van der Waals surface area (Å²) in [5.41, 5.74) is 0. The van der Waals surface area contributed by atoms with E-state index in [-0.39, 0.29) is 11.9 Å². The fourth-order valence-corrected chi connectivity index (χ4v) is 1.01. The van der Waals surface area contributed by atoms with Crippen molar-refractivity contribution in [2.45, 2.75) is 13.3 Å². The zero-order valence-corrected chi connectivity index (χ0v) is 6.82. The normalized spacial score (nSPS) is 9.80. The summed E-state index contributed by atoms with van der Waals surface area (Å²) < 4.78 is 4.61. The minimum absolute atomic E-state index is 0.168. The number of carbonyl (C=O) groups excluding carboxylic acids is 1. The van der Waals surface area contributed by atoms with Gasteiger partial charge < -0.3 is 9.84 Å². The first-order chi connectivity index (χ1) is 4.81. The summed E-state index contributed by atoms with van der Waals surface area (Å²) in [6.45, 7) is 2.00. The molecule has 3 nitrogen and oxygen atoms in total. The van der Waals surface area contributed by atoms with Gasteiger partial charge in [0.2, 0.25) is 0 Å². The summed E-state index contributed by atoms with van der Waals surface area (Å²) >= 11 is 1.24. The summed E-state index contributed by atoms with van der Waals surface area (Å²) in [6.07, 6.45) is 0.559. The van der Waals surface area contributed by atoms with Crippen molar-refractivity contribution < 1.29 is 14.6 Å². The number of thioether (sulfide) groups is 1. The van der Waals surface area contributed by atoms with Crippen LogP contribution in [0.4, 0.5) is 0 Å². The van der Waals surface area contributed by atoms with E-state index in [2.05, 4.69) is 4.74 Å². The van der Waals surface area contributed by atoms with Crippen LogP contribution in [0, 0.1) is 0 Å². The van der Waals surface area contributed by atoms with Gasteiger partial charge in [-0.05, 0) is 0 Å². The predicted molar refractivity (Wildman–Crippen MR) is 40.8 cm³/mol. The average molecular weight is 164 g/mol. The van der Waals surface area contributed by atoms with Crippen LogP contribution in [0.2, 0.25) is 0 Å². The highest BCUT2D eigenvalue weighted by molar-refractivity contribution is 8.13. The van der Waals surface area contributed by atoms with E-state index in [1.54, 1.807) is 0 Å². The molecule has 0 aromatic heterocycles. The van der Waals surface area contributed by atoms with Crippen LogP contribution < -0.4 is 0 Å². The van der Waals surface area contributed by atoms with Crippen molar-refractivity contribution in [1.82, 2.24) is 0 Å². The summed E-state index contributed by atoms with van der Waals surface area (Å²) in [7, 11) is 0. The molecule has 0 atom stereocenters. The molecule has 0 heterocycles. The second-order valence-corrected chi connectivity index (χ2v) is 2.76. The molecular formula is C6H12O3S. The molecule has 0 radical (unpaired) electrons. The van der Waals surface area contributed by atoms with Crippen LogP contribution in [-0.4, -0.2) is 29.4 Å². The third kappa shape index (κ3) is 6.07. The molecule has 0 bridgehead atoms. The molecule has 10 heavy (non-hydrogen) atoms. The van der Waals surface area contributed by atoms with Crippen molar-refractivity contribution in [2.24, 2.45) is 0 Å². The Bertz CT molecular complexity index is 95.0. The van der Waals surface area contributed by atoms with E-state index in [0.29, 0.717) is 18.8 Å². The molecule has 0 rings (SSSR count). The maximum Gasteiger partial charge on any atom is 0.188 e. The molecule has 0 fully saturated rings. The molecule has 0 aliphatic carbocycles. The third-order valence-corrected chi connectivity index (χ3v) is 1.85. The Kier molecular flexibility index (Phi) is 7.01. The van der Waals surface area contributed by atoms with E-state index >= 15 is 0 Å². The van der Waals surface area contributed by atoms with Crippen molar-refractivity contribution in [2.75, 3.05) is 19.2 Å². The molecule has 0 saturated carbocycles. The molecule has 1 N–H and O–H groups in total. The van der Waals surface area contributed by atoms with Gasteiger partial charge in [0.25, 0.3) is 0 Å². The van der Waals surface area contributed by atoms with Crippen LogP contribution in [-0.2, 0) is 9.53 Å². The molecule has 4 heteroatoms. The predicted octanol–water partition coefficient (Wildman–Crippen LogP) is 0.623. The van der Waals surface area contributed by atoms with Gasteiger partial charge in [-0.3, -0.25) is 4.79 Å². The molecular weight excluding hydrogens is 152 g/mol. The lowest BCUT2D eigenvalue weighted by Crippen LogP contribution is -2.00. The maximum absolute atomic E-state index is 10.6. The lowest BCUT2D eigenvalue weighted by molar-refractivity contribution is -0.110. The van der Waals surface area contributed by atoms with Gasteiger partial charge in [-0.25, -0.2) is 0 Å². The first kappa shape index (κ1) is 9.94. The van der Waals surface area contributed by atoms with E-state index in [1.807, 2.05) is 6.92 Å².